The predicted octanol–water partition coefficient (Wildman–Crippen LogP) is 4.92. The van der Waals surface area contributed by atoms with Crippen LogP contribution in [0.15, 0.2) is 67.1 Å². The molecule has 0 aliphatic carbocycles. The number of aromatic nitrogens is 4. The zero-order chi connectivity index (χ0) is 21.8. The number of benzene rings is 2. The second kappa shape index (κ2) is 9.23. The van der Waals surface area contributed by atoms with Crippen LogP contribution < -0.4 is 10.6 Å². The summed E-state index contributed by atoms with van der Waals surface area (Å²) < 4.78 is 30.9. The average molecular weight is 459 g/mol. The summed E-state index contributed by atoms with van der Waals surface area (Å²) >= 11 is 11.4. The van der Waals surface area contributed by atoms with E-state index in [2.05, 4.69) is 20.8 Å². The van der Waals surface area contributed by atoms with Crippen molar-refractivity contribution in [1.82, 2.24) is 19.6 Å². The van der Waals surface area contributed by atoms with Crippen LogP contribution >= 0.6 is 23.8 Å². The number of thiocarbonyl (C=S) groups is 1. The quantitative estimate of drug-likeness (QED) is 0.402. The van der Waals surface area contributed by atoms with Gasteiger partial charge in [-0.1, -0.05) is 35.9 Å². The fraction of sp³-hybridized carbons (Fsp3) is 0.0952. The van der Waals surface area contributed by atoms with Crippen molar-refractivity contribution >= 4 is 40.4 Å². The second-order valence-electron chi connectivity index (χ2n) is 6.70. The minimum atomic E-state index is -0.387. The molecule has 31 heavy (non-hydrogen) atoms. The summed E-state index contributed by atoms with van der Waals surface area (Å²) in [7, 11) is 0. The summed E-state index contributed by atoms with van der Waals surface area (Å²) in [4.78, 5) is 0. The van der Waals surface area contributed by atoms with E-state index in [9.17, 15) is 8.78 Å². The molecule has 0 aliphatic rings. The molecule has 2 aromatic heterocycles. The third-order valence-corrected chi connectivity index (χ3v) is 5.00. The van der Waals surface area contributed by atoms with Crippen LogP contribution in [0.3, 0.4) is 0 Å². The Kier molecular flexibility index (Phi) is 6.24. The second-order valence-corrected chi connectivity index (χ2v) is 7.51. The molecule has 0 spiro atoms. The summed E-state index contributed by atoms with van der Waals surface area (Å²) in [6.07, 6.45) is 5.01. The van der Waals surface area contributed by atoms with Gasteiger partial charge in [-0.2, -0.15) is 10.2 Å². The molecule has 0 fully saturated rings. The molecule has 0 saturated carbocycles. The molecular formula is C21H17ClF2N6S. The number of rotatable bonds is 6. The molecule has 6 nitrogen and oxygen atoms in total. The highest BCUT2D eigenvalue weighted by Crippen LogP contribution is 2.20. The summed E-state index contributed by atoms with van der Waals surface area (Å²) in [6.45, 7) is 0.494. The van der Waals surface area contributed by atoms with Gasteiger partial charge in [-0.05, 0) is 30.4 Å². The van der Waals surface area contributed by atoms with Crippen LogP contribution in [0, 0.1) is 11.6 Å². The van der Waals surface area contributed by atoms with Crippen LogP contribution in [0.2, 0.25) is 5.02 Å². The van der Waals surface area contributed by atoms with Crippen molar-refractivity contribution in [1.29, 1.82) is 0 Å². The van der Waals surface area contributed by atoms with Crippen LogP contribution in [-0.2, 0) is 13.1 Å². The molecular weight excluding hydrogens is 442 g/mol. The molecule has 2 heterocycles. The number of anilines is 2. The van der Waals surface area contributed by atoms with Crippen LogP contribution in [0.5, 0.6) is 0 Å². The van der Waals surface area contributed by atoms with E-state index in [1.165, 1.54) is 12.1 Å². The Bertz CT molecular complexity index is 1200. The molecule has 0 radical (unpaired) electrons. The Labute approximate surface area is 187 Å². The van der Waals surface area contributed by atoms with Gasteiger partial charge in [0, 0.05) is 34.6 Å². The first-order chi connectivity index (χ1) is 15.0. The molecule has 10 heteroatoms. The van der Waals surface area contributed by atoms with Gasteiger partial charge in [0.05, 0.1) is 25.0 Å². The standard InChI is InChI=1S/C21H17ClF2N6S/c22-17-5-3-7-19(24)16(17)13-29-9-8-20(28-29)27-21(31)26-15-10-25-30(12-15)11-14-4-1-2-6-18(14)23/h1-10,12H,11,13H2,(H2,26,27,28,31). The smallest absolute Gasteiger partial charge is 0.176 e. The molecule has 0 bridgehead atoms. The zero-order valence-electron chi connectivity index (χ0n) is 16.1. The van der Waals surface area contributed by atoms with Gasteiger partial charge in [0.25, 0.3) is 0 Å². The number of halogens is 3. The summed E-state index contributed by atoms with van der Waals surface area (Å²) in [5, 5.41) is 15.1. The fourth-order valence-corrected chi connectivity index (χ4v) is 3.40. The van der Waals surface area contributed by atoms with Gasteiger partial charge < -0.3 is 10.6 Å². The average Bonchev–Trinajstić information content (AvgIpc) is 3.36. The van der Waals surface area contributed by atoms with Crippen molar-refractivity contribution in [2.24, 2.45) is 0 Å². The minimum absolute atomic E-state index is 0.191. The molecule has 0 aliphatic heterocycles. The fourth-order valence-electron chi connectivity index (χ4n) is 2.96. The van der Waals surface area contributed by atoms with Gasteiger partial charge in [0.2, 0.25) is 0 Å². The lowest BCUT2D eigenvalue weighted by Crippen LogP contribution is -2.19. The number of hydrogen-bond donors (Lipinski definition) is 2. The SMILES string of the molecule is Fc1ccccc1Cn1cc(NC(=S)Nc2ccn(Cc3c(F)cccc3Cl)n2)cn1. The molecule has 4 rings (SSSR count). The monoisotopic (exact) mass is 458 g/mol. The lowest BCUT2D eigenvalue weighted by atomic mass is 10.2. The molecule has 0 atom stereocenters. The summed E-state index contributed by atoms with van der Waals surface area (Å²) in [5.41, 5.74) is 1.55. The predicted molar refractivity (Wildman–Crippen MR) is 120 cm³/mol. The molecule has 0 amide bonds. The Balaban J connectivity index is 1.35. The normalized spacial score (nSPS) is 10.8. The van der Waals surface area contributed by atoms with E-state index >= 15 is 0 Å². The maximum atomic E-state index is 14.0. The first-order valence-corrected chi connectivity index (χ1v) is 10.1. The first-order valence-electron chi connectivity index (χ1n) is 9.28. The van der Waals surface area contributed by atoms with Crippen molar-refractivity contribution in [2.45, 2.75) is 13.1 Å². The van der Waals surface area contributed by atoms with Crippen molar-refractivity contribution in [2.75, 3.05) is 10.6 Å². The maximum absolute atomic E-state index is 14.0. The highest BCUT2D eigenvalue weighted by Gasteiger charge is 2.10. The summed E-state index contributed by atoms with van der Waals surface area (Å²) in [6, 6.07) is 12.8. The van der Waals surface area contributed by atoms with Crippen LogP contribution in [0.4, 0.5) is 20.3 Å². The Hall–Kier alpha value is -3.30. The van der Waals surface area contributed by atoms with Gasteiger partial charge in [-0.15, -0.1) is 0 Å². The van der Waals surface area contributed by atoms with Gasteiger partial charge in [0.15, 0.2) is 10.9 Å². The van der Waals surface area contributed by atoms with E-state index in [0.717, 1.165) is 0 Å². The van der Waals surface area contributed by atoms with Crippen LogP contribution in [-0.4, -0.2) is 24.7 Å². The molecule has 2 N–H and O–H groups in total. The van der Waals surface area contributed by atoms with Gasteiger partial charge >= 0.3 is 0 Å². The van der Waals surface area contributed by atoms with Crippen molar-refractivity contribution in [3.05, 3.63) is 94.9 Å². The van der Waals surface area contributed by atoms with Crippen LogP contribution in [0.25, 0.3) is 0 Å². The molecule has 158 valence electrons. The maximum Gasteiger partial charge on any atom is 0.176 e. The van der Waals surface area contributed by atoms with Crippen LogP contribution in [0.1, 0.15) is 11.1 Å². The highest BCUT2D eigenvalue weighted by atomic mass is 35.5. The Morgan fingerprint density at radius 3 is 2.58 bits per heavy atom. The van der Waals surface area contributed by atoms with Gasteiger partial charge in [-0.3, -0.25) is 9.36 Å². The van der Waals surface area contributed by atoms with E-state index in [1.54, 1.807) is 64.4 Å². The number of nitrogens with zero attached hydrogens (tertiary/aromatic N) is 4. The largest absolute Gasteiger partial charge is 0.330 e. The lowest BCUT2D eigenvalue weighted by molar-refractivity contribution is 0.585. The third kappa shape index (κ3) is 5.25. The molecule has 0 unspecified atom stereocenters. The number of nitrogens with one attached hydrogen (secondary N) is 2. The van der Waals surface area contributed by atoms with Gasteiger partial charge in [-0.25, -0.2) is 8.78 Å². The zero-order valence-corrected chi connectivity index (χ0v) is 17.7. The van der Waals surface area contributed by atoms with E-state index < -0.39 is 0 Å². The molecule has 4 aromatic rings. The Morgan fingerprint density at radius 2 is 1.77 bits per heavy atom. The van der Waals surface area contributed by atoms with Crippen molar-refractivity contribution in [3.63, 3.8) is 0 Å². The number of hydrogen-bond acceptors (Lipinski definition) is 3. The van der Waals surface area contributed by atoms with E-state index in [4.69, 9.17) is 23.8 Å². The van der Waals surface area contributed by atoms with Crippen molar-refractivity contribution in [3.8, 4) is 0 Å². The van der Waals surface area contributed by atoms with Gasteiger partial charge in [0.1, 0.15) is 11.6 Å². The van der Waals surface area contributed by atoms with E-state index in [-0.39, 0.29) is 18.2 Å². The van der Waals surface area contributed by atoms with E-state index in [0.29, 0.717) is 39.3 Å². The molecule has 0 saturated heterocycles. The summed E-state index contributed by atoms with van der Waals surface area (Å²) in [5.74, 6) is -0.178. The first kappa shape index (κ1) is 21.0. The highest BCUT2D eigenvalue weighted by molar-refractivity contribution is 7.80. The van der Waals surface area contributed by atoms with E-state index in [1.807, 2.05) is 0 Å². The lowest BCUT2D eigenvalue weighted by Gasteiger charge is -2.07. The van der Waals surface area contributed by atoms with Crippen molar-refractivity contribution < 1.29 is 8.78 Å². The third-order valence-electron chi connectivity index (χ3n) is 4.45. The topological polar surface area (TPSA) is 59.7 Å². The molecule has 2 aromatic carbocycles. The Morgan fingerprint density at radius 1 is 0.968 bits per heavy atom. The minimum Gasteiger partial charge on any atom is -0.330 e.